The van der Waals surface area contributed by atoms with E-state index in [0.29, 0.717) is 4.88 Å². The summed E-state index contributed by atoms with van der Waals surface area (Å²) < 4.78 is 2.02. The molecule has 0 bridgehead atoms. The van der Waals surface area contributed by atoms with Crippen molar-refractivity contribution >= 4 is 43.3 Å². The third kappa shape index (κ3) is 1.99. The second kappa shape index (κ2) is 4.55. The van der Waals surface area contributed by atoms with Crippen LogP contribution in [-0.2, 0) is 6.42 Å². The maximum atomic E-state index is 11.1. The Morgan fingerprint density at radius 3 is 2.88 bits per heavy atom. The minimum Gasteiger partial charge on any atom is -0.477 e. The van der Waals surface area contributed by atoms with Crippen LogP contribution in [0.25, 0.3) is 10.1 Å². The summed E-state index contributed by atoms with van der Waals surface area (Å²) in [4.78, 5) is 11.6. The third-order valence-electron chi connectivity index (χ3n) is 2.45. The number of thiophene rings is 1. The van der Waals surface area contributed by atoms with Crippen molar-refractivity contribution in [3.05, 3.63) is 33.1 Å². The SMILES string of the molecule is CCCc1c(C(=O)O)sc2cc(Br)ccc12. The van der Waals surface area contributed by atoms with Crippen LogP contribution < -0.4 is 0 Å². The lowest BCUT2D eigenvalue weighted by Gasteiger charge is -1.98. The van der Waals surface area contributed by atoms with E-state index < -0.39 is 5.97 Å². The molecule has 0 aliphatic rings. The highest BCUT2D eigenvalue weighted by molar-refractivity contribution is 9.10. The second-order valence-electron chi connectivity index (χ2n) is 3.61. The Morgan fingerprint density at radius 2 is 2.25 bits per heavy atom. The molecule has 84 valence electrons. The van der Waals surface area contributed by atoms with Crippen molar-refractivity contribution in [2.24, 2.45) is 0 Å². The van der Waals surface area contributed by atoms with Gasteiger partial charge in [0.2, 0.25) is 0 Å². The fourth-order valence-electron chi connectivity index (χ4n) is 1.79. The fraction of sp³-hybridized carbons (Fsp3) is 0.250. The molecule has 1 aromatic carbocycles. The highest BCUT2D eigenvalue weighted by Gasteiger charge is 2.16. The summed E-state index contributed by atoms with van der Waals surface area (Å²) >= 11 is 4.76. The number of benzene rings is 1. The lowest BCUT2D eigenvalue weighted by atomic mass is 10.1. The largest absolute Gasteiger partial charge is 0.477 e. The van der Waals surface area contributed by atoms with Crippen LogP contribution in [0.3, 0.4) is 0 Å². The van der Waals surface area contributed by atoms with Gasteiger partial charge in [0.25, 0.3) is 0 Å². The van der Waals surface area contributed by atoms with Gasteiger partial charge in [-0.25, -0.2) is 4.79 Å². The van der Waals surface area contributed by atoms with Crippen molar-refractivity contribution in [1.82, 2.24) is 0 Å². The molecule has 16 heavy (non-hydrogen) atoms. The molecule has 0 fully saturated rings. The summed E-state index contributed by atoms with van der Waals surface area (Å²) in [5.74, 6) is -0.819. The number of hydrogen-bond donors (Lipinski definition) is 1. The van der Waals surface area contributed by atoms with Gasteiger partial charge in [-0.1, -0.05) is 35.3 Å². The normalized spacial score (nSPS) is 10.9. The fourth-order valence-corrected chi connectivity index (χ4v) is 3.44. The molecule has 2 rings (SSSR count). The van der Waals surface area contributed by atoms with Gasteiger partial charge < -0.3 is 5.11 Å². The summed E-state index contributed by atoms with van der Waals surface area (Å²) in [6.45, 7) is 2.06. The lowest BCUT2D eigenvalue weighted by Crippen LogP contribution is -1.97. The molecule has 0 aliphatic carbocycles. The van der Waals surface area contributed by atoms with Crippen molar-refractivity contribution < 1.29 is 9.90 Å². The second-order valence-corrected chi connectivity index (χ2v) is 5.57. The first-order valence-electron chi connectivity index (χ1n) is 5.07. The first-order chi connectivity index (χ1) is 7.63. The Balaban J connectivity index is 2.70. The zero-order valence-corrected chi connectivity index (χ0v) is 11.2. The van der Waals surface area contributed by atoms with Crippen LogP contribution in [0.1, 0.15) is 28.6 Å². The van der Waals surface area contributed by atoms with Crippen molar-refractivity contribution in [1.29, 1.82) is 0 Å². The van der Waals surface area contributed by atoms with Gasteiger partial charge in [0, 0.05) is 9.17 Å². The van der Waals surface area contributed by atoms with Crippen molar-refractivity contribution in [3.63, 3.8) is 0 Å². The van der Waals surface area contributed by atoms with E-state index in [1.807, 2.05) is 18.2 Å². The Hall–Kier alpha value is -0.870. The van der Waals surface area contributed by atoms with E-state index in [1.54, 1.807) is 0 Å². The number of halogens is 1. The van der Waals surface area contributed by atoms with Crippen molar-refractivity contribution in [2.75, 3.05) is 0 Å². The molecule has 1 N–H and O–H groups in total. The molecule has 0 amide bonds. The molecule has 2 aromatic rings. The van der Waals surface area contributed by atoms with Gasteiger partial charge in [-0.3, -0.25) is 0 Å². The summed E-state index contributed by atoms with van der Waals surface area (Å²) in [6.07, 6.45) is 1.78. The quantitative estimate of drug-likeness (QED) is 0.916. The van der Waals surface area contributed by atoms with Crippen LogP contribution >= 0.6 is 27.3 Å². The lowest BCUT2D eigenvalue weighted by molar-refractivity contribution is 0.0701. The third-order valence-corrected chi connectivity index (χ3v) is 4.13. The molecule has 2 nitrogen and oxygen atoms in total. The van der Waals surface area contributed by atoms with Crippen molar-refractivity contribution in [3.8, 4) is 0 Å². The monoisotopic (exact) mass is 298 g/mol. The smallest absolute Gasteiger partial charge is 0.346 e. The molecule has 0 spiro atoms. The van der Waals surface area contributed by atoms with Gasteiger partial charge in [-0.15, -0.1) is 11.3 Å². The minimum absolute atomic E-state index is 0.481. The Kier molecular flexibility index (Phi) is 3.30. The molecule has 0 unspecified atom stereocenters. The number of fused-ring (bicyclic) bond motifs is 1. The standard InChI is InChI=1S/C12H11BrO2S/c1-2-3-9-8-5-4-7(13)6-10(8)16-11(9)12(14)15/h4-6H,2-3H2,1H3,(H,14,15). The predicted molar refractivity (Wildman–Crippen MR) is 70.5 cm³/mol. The van der Waals surface area contributed by atoms with E-state index in [2.05, 4.69) is 22.9 Å². The van der Waals surface area contributed by atoms with Gasteiger partial charge in [0.15, 0.2) is 0 Å². The maximum Gasteiger partial charge on any atom is 0.346 e. The Labute approximate surface area is 106 Å². The summed E-state index contributed by atoms with van der Waals surface area (Å²) in [5, 5.41) is 10.2. The summed E-state index contributed by atoms with van der Waals surface area (Å²) in [5.41, 5.74) is 0.975. The molecule has 0 radical (unpaired) electrons. The molecule has 0 saturated heterocycles. The zero-order valence-electron chi connectivity index (χ0n) is 8.79. The molecule has 0 atom stereocenters. The van der Waals surface area contributed by atoms with Crippen molar-refractivity contribution in [2.45, 2.75) is 19.8 Å². The highest BCUT2D eigenvalue weighted by atomic mass is 79.9. The number of aromatic carboxylic acids is 1. The summed E-state index contributed by atoms with van der Waals surface area (Å²) in [7, 11) is 0. The summed E-state index contributed by atoms with van der Waals surface area (Å²) in [6, 6.07) is 5.93. The van der Waals surface area contributed by atoms with Gasteiger partial charge in [-0.05, 0) is 29.5 Å². The van der Waals surface area contributed by atoms with E-state index >= 15 is 0 Å². The van der Waals surface area contributed by atoms with E-state index in [1.165, 1.54) is 11.3 Å². The molecular weight excluding hydrogens is 288 g/mol. The average Bonchev–Trinajstić information content (AvgIpc) is 2.57. The van der Waals surface area contributed by atoms with Crippen LogP contribution in [0.5, 0.6) is 0 Å². The molecular formula is C12H11BrO2S. The number of carboxylic acid groups (broad SMARTS) is 1. The van der Waals surface area contributed by atoms with Gasteiger partial charge in [0.05, 0.1) is 0 Å². The number of carbonyl (C=O) groups is 1. The first-order valence-corrected chi connectivity index (χ1v) is 6.68. The van der Waals surface area contributed by atoms with Crippen LogP contribution in [0.15, 0.2) is 22.7 Å². The van der Waals surface area contributed by atoms with Gasteiger partial charge >= 0.3 is 5.97 Å². The number of hydrogen-bond acceptors (Lipinski definition) is 2. The topological polar surface area (TPSA) is 37.3 Å². The molecule has 0 saturated carbocycles. The van der Waals surface area contributed by atoms with Gasteiger partial charge in [-0.2, -0.15) is 0 Å². The first kappa shape index (κ1) is 11.6. The molecule has 4 heteroatoms. The van der Waals surface area contributed by atoms with E-state index in [-0.39, 0.29) is 0 Å². The maximum absolute atomic E-state index is 11.1. The highest BCUT2D eigenvalue weighted by Crippen LogP contribution is 2.34. The van der Waals surface area contributed by atoms with Crippen LogP contribution in [0.4, 0.5) is 0 Å². The number of rotatable bonds is 3. The van der Waals surface area contributed by atoms with Gasteiger partial charge in [0.1, 0.15) is 4.88 Å². The Morgan fingerprint density at radius 1 is 1.50 bits per heavy atom. The number of carboxylic acids is 1. The van der Waals surface area contributed by atoms with Crippen LogP contribution in [0.2, 0.25) is 0 Å². The molecule has 1 aromatic heterocycles. The average molecular weight is 299 g/mol. The van der Waals surface area contributed by atoms with E-state index in [0.717, 1.165) is 33.0 Å². The van der Waals surface area contributed by atoms with Crippen LogP contribution in [0, 0.1) is 0 Å². The molecule has 1 heterocycles. The minimum atomic E-state index is -0.819. The van der Waals surface area contributed by atoms with Crippen LogP contribution in [-0.4, -0.2) is 11.1 Å². The van der Waals surface area contributed by atoms with E-state index in [9.17, 15) is 4.79 Å². The zero-order chi connectivity index (χ0) is 11.7. The predicted octanol–water partition coefficient (Wildman–Crippen LogP) is 4.31. The molecule has 0 aliphatic heterocycles. The number of aryl methyl sites for hydroxylation is 1. The Bertz CT molecular complexity index is 545. The van der Waals surface area contributed by atoms with E-state index in [4.69, 9.17) is 5.11 Å².